The van der Waals surface area contributed by atoms with Gasteiger partial charge in [0, 0.05) is 18.3 Å². The van der Waals surface area contributed by atoms with E-state index in [0.29, 0.717) is 11.2 Å². The monoisotopic (exact) mass is 283 g/mol. The number of aromatic hydroxyl groups is 1. The number of phenols is 1. The highest BCUT2D eigenvalue weighted by Crippen LogP contribution is 2.57. The van der Waals surface area contributed by atoms with E-state index in [-0.39, 0.29) is 0 Å². The van der Waals surface area contributed by atoms with Crippen molar-refractivity contribution in [2.45, 2.75) is 44.9 Å². The van der Waals surface area contributed by atoms with Crippen molar-refractivity contribution in [3.8, 4) is 5.75 Å². The Balaban J connectivity index is 1.50. The van der Waals surface area contributed by atoms with E-state index in [1.54, 1.807) is 6.07 Å². The Morgan fingerprint density at radius 2 is 1.71 bits per heavy atom. The van der Waals surface area contributed by atoms with E-state index in [1.807, 2.05) is 24.4 Å². The van der Waals surface area contributed by atoms with Gasteiger partial charge >= 0.3 is 0 Å². The third-order valence-corrected chi connectivity index (χ3v) is 6.08. The summed E-state index contributed by atoms with van der Waals surface area (Å²) in [7, 11) is 0. The van der Waals surface area contributed by atoms with Crippen LogP contribution in [0, 0.1) is 23.2 Å². The Morgan fingerprint density at radius 1 is 1.05 bits per heavy atom. The van der Waals surface area contributed by atoms with Gasteiger partial charge in [0.1, 0.15) is 5.75 Å². The van der Waals surface area contributed by atoms with Gasteiger partial charge in [-0.2, -0.15) is 0 Å². The zero-order valence-corrected chi connectivity index (χ0v) is 12.7. The summed E-state index contributed by atoms with van der Waals surface area (Å²) in [4.78, 5) is 4.75. The van der Waals surface area contributed by atoms with Gasteiger partial charge in [0.25, 0.3) is 0 Å². The molecule has 5 rings (SSSR count). The summed E-state index contributed by atoms with van der Waals surface area (Å²) in [6, 6.07) is 7.48. The minimum Gasteiger partial charge on any atom is -0.507 e. The van der Waals surface area contributed by atoms with Crippen LogP contribution in [-0.4, -0.2) is 17.9 Å². The summed E-state index contributed by atoms with van der Waals surface area (Å²) in [5.41, 5.74) is 1.33. The molecule has 0 amide bonds. The van der Waals surface area contributed by atoms with Crippen LogP contribution >= 0.6 is 0 Å². The second-order valence-corrected chi connectivity index (χ2v) is 7.79. The lowest BCUT2D eigenvalue weighted by Crippen LogP contribution is -2.39. The predicted molar refractivity (Wildman–Crippen MR) is 85.8 cm³/mol. The molecular formula is C19H25NO. The minimum atomic E-state index is 0.337. The fourth-order valence-corrected chi connectivity index (χ4v) is 5.50. The summed E-state index contributed by atoms with van der Waals surface area (Å²) >= 11 is 0. The molecule has 0 unspecified atom stereocenters. The highest BCUT2D eigenvalue weighted by Gasteiger charge is 2.48. The third kappa shape index (κ3) is 2.61. The highest BCUT2D eigenvalue weighted by atomic mass is 16.3. The Morgan fingerprint density at radius 3 is 2.43 bits per heavy atom. The van der Waals surface area contributed by atoms with E-state index in [0.717, 1.165) is 29.9 Å². The molecule has 4 aliphatic rings. The molecule has 4 bridgehead atoms. The van der Waals surface area contributed by atoms with Crippen LogP contribution in [-0.2, 0) is 0 Å². The van der Waals surface area contributed by atoms with E-state index < -0.39 is 0 Å². The minimum absolute atomic E-state index is 0.337. The van der Waals surface area contributed by atoms with E-state index in [4.69, 9.17) is 4.99 Å². The number of phenolic OH excluding ortho intramolecular Hbond substituents is 1. The first kappa shape index (κ1) is 13.4. The van der Waals surface area contributed by atoms with Crippen molar-refractivity contribution in [1.29, 1.82) is 0 Å². The number of para-hydroxylation sites is 1. The molecule has 2 nitrogen and oxygen atoms in total. The normalized spacial score (nSPS) is 38.0. The highest BCUT2D eigenvalue weighted by molar-refractivity contribution is 5.83. The van der Waals surface area contributed by atoms with Gasteiger partial charge in [0.2, 0.25) is 0 Å². The Kier molecular flexibility index (Phi) is 3.28. The summed E-state index contributed by atoms with van der Waals surface area (Å²) in [5, 5.41) is 9.82. The molecule has 0 heterocycles. The lowest BCUT2D eigenvalue weighted by atomic mass is 9.58. The van der Waals surface area contributed by atoms with Crippen LogP contribution in [0.2, 0.25) is 0 Å². The molecule has 2 heteroatoms. The Labute approximate surface area is 127 Å². The third-order valence-electron chi connectivity index (χ3n) is 6.08. The molecule has 0 spiro atoms. The Bertz CT molecular complexity index is 534. The largest absolute Gasteiger partial charge is 0.507 e. The zero-order valence-electron chi connectivity index (χ0n) is 12.7. The first-order valence-electron chi connectivity index (χ1n) is 8.50. The fraction of sp³-hybridized carbons (Fsp3) is 0.632. The van der Waals surface area contributed by atoms with E-state index in [9.17, 15) is 5.11 Å². The number of hydrogen-bond acceptors (Lipinski definition) is 2. The zero-order chi connectivity index (χ0) is 14.3. The van der Waals surface area contributed by atoms with Crippen molar-refractivity contribution in [1.82, 2.24) is 0 Å². The lowest BCUT2D eigenvalue weighted by molar-refractivity contribution is 0.0428. The average Bonchev–Trinajstić information content (AvgIpc) is 2.67. The quantitative estimate of drug-likeness (QED) is 0.818. The predicted octanol–water partition coefficient (Wildman–Crippen LogP) is 4.42. The second kappa shape index (κ2) is 5.15. The van der Waals surface area contributed by atoms with Gasteiger partial charge in [-0.25, -0.2) is 0 Å². The summed E-state index contributed by atoms with van der Waals surface area (Å²) < 4.78 is 0. The lowest BCUT2D eigenvalue weighted by Gasteiger charge is -2.47. The number of fused-ring (bicyclic) bond motifs is 1. The van der Waals surface area contributed by atoms with Crippen LogP contribution < -0.4 is 0 Å². The second-order valence-electron chi connectivity index (χ2n) is 7.79. The molecule has 0 aliphatic heterocycles. The van der Waals surface area contributed by atoms with Crippen LogP contribution in [0.1, 0.15) is 50.5 Å². The molecule has 1 aromatic rings. The van der Waals surface area contributed by atoms with Crippen molar-refractivity contribution >= 4 is 6.21 Å². The van der Waals surface area contributed by atoms with E-state index in [1.165, 1.54) is 44.9 Å². The number of rotatable bonds is 3. The fourth-order valence-electron chi connectivity index (χ4n) is 5.50. The molecule has 1 aromatic carbocycles. The van der Waals surface area contributed by atoms with Crippen LogP contribution in [0.4, 0.5) is 0 Å². The molecule has 21 heavy (non-hydrogen) atoms. The van der Waals surface area contributed by atoms with Gasteiger partial charge in [-0.3, -0.25) is 4.99 Å². The van der Waals surface area contributed by atoms with E-state index in [2.05, 4.69) is 0 Å². The summed E-state index contributed by atoms with van der Waals surface area (Å²) in [6.07, 6.45) is 12.0. The average molecular weight is 283 g/mol. The molecule has 4 saturated carbocycles. The van der Waals surface area contributed by atoms with Gasteiger partial charge in [-0.15, -0.1) is 0 Å². The molecule has 4 aliphatic carbocycles. The van der Waals surface area contributed by atoms with Crippen LogP contribution in [0.3, 0.4) is 0 Å². The van der Waals surface area contributed by atoms with Gasteiger partial charge in [0.05, 0.1) is 0 Å². The maximum atomic E-state index is 9.82. The van der Waals surface area contributed by atoms with Crippen molar-refractivity contribution in [2.24, 2.45) is 28.2 Å². The van der Waals surface area contributed by atoms with Crippen molar-refractivity contribution < 1.29 is 5.11 Å². The molecule has 0 aromatic heterocycles. The van der Waals surface area contributed by atoms with Gasteiger partial charge in [-0.1, -0.05) is 25.0 Å². The molecule has 1 N–H and O–H groups in total. The van der Waals surface area contributed by atoms with Crippen molar-refractivity contribution in [2.75, 3.05) is 6.54 Å². The van der Waals surface area contributed by atoms with Crippen molar-refractivity contribution in [3.05, 3.63) is 29.8 Å². The number of hydrogen-bond donors (Lipinski definition) is 1. The number of aliphatic imine (C=N–C) groups is 1. The molecule has 0 radical (unpaired) electrons. The molecular weight excluding hydrogens is 258 g/mol. The number of benzene rings is 1. The first-order valence-corrected chi connectivity index (χ1v) is 8.50. The van der Waals surface area contributed by atoms with Crippen LogP contribution in [0.15, 0.2) is 29.3 Å². The maximum Gasteiger partial charge on any atom is 0.124 e. The van der Waals surface area contributed by atoms with Gasteiger partial charge in [-0.05, 0) is 67.4 Å². The maximum absolute atomic E-state index is 9.82. The van der Waals surface area contributed by atoms with Gasteiger partial charge in [0.15, 0.2) is 0 Å². The summed E-state index contributed by atoms with van der Waals surface area (Å²) in [5.74, 6) is 3.25. The topological polar surface area (TPSA) is 32.6 Å². The standard InChI is InChI=1S/C19H25NO/c21-18-4-2-1-3-17(18)12-20-13-19-9-14-5-6-15(10-19)8-16(7-14)11-19/h1-4,12,14-16,21H,5-11,13H2/t14-,15-,16?,19?/m1/s1. The number of nitrogens with zero attached hydrogens (tertiary/aromatic N) is 1. The van der Waals surface area contributed by atoms with Crippen molar-refractivity contribution in [3.63, 3.8) is 0 Å². The van der Waals surface area contributed by atoms with Crippen LogP contribution in [0.25, 0.3) is 0 Å². The van der Waals surface area contributed by atoms with E-state index >= 15 is 0 Å². The van der Waals surface area contributed by atoms with Gasteiger partial charge < -0.3 is 5.11 Å². The Hall–Kier alpha value is -1.31. The summed E-state index contributed by atoms with van der Waals surface area (Å²) in [6.45, 7) is 0.963. The first-order chi connectivity index (χ1) is 10.2. The molecule has 4 fully saturated rings. The molecule has 112 valence electrons. The smallest absolute Gasteiger partial charge is 0.124 e. The van der Waals surface area contributed by atoms with Crippen LogP contribution in [0.5, 0.6) is 5.75 Å². The SMILES string of the molecule is Oc1ccccc1C=NCC12CC3C[C@@H](CC[C@H](C3)C1)C2. The molecule has 0 saturated heterocycles. The molecule has 2 atom stereocenters.